The predicted octanol–water partition coefficient (Wildman–Crippen LogP) is 15.5. The normalized spacial score (nSPS) is 13.1. The first-order valence-electron chi connectivity index (χ1n) is 20.4. The summed E-state index contributed by atoms with van der Waals surface area (Å²) in [7, 11) is 0. The van der Waals surface area contributed by atoms with E-state index in [2.05, 4.69) is 213 Å². The quantitative estimate of drug-likeness (QED) is 0.159. The fourth-order valence-corrected chi connectivity index (χ4v) is 10.8. The fourth-order valence-electron chi connectivity index (χ4n) is 9.85. The van der Waals surface area contributed by atoms with Crippen molar-refractivity contribution in [3.63, 3.8) is 0 Å². The standard InChI is InChI=1S/C56H38N2S/c1-56(2)48-21-10-9-18-44(48)45-29-28-39(34-49(45)56)58-53(37-16-7-4-8-17-37)52(36-14-5-3-6-15-36)47-33-31-43-41-20-13-19-40(42(41)30-32-46(43)54(47)58)35-24-26-38(27-25-35)55-57-50-22-11-12-23-51(50)59-55/h3-34H,1-2H3. The maximum absolute atomic E-state index is 4.92. The summed E-state index contributed by atoms with van der Waals surface area (Å²) in [4.78, 5) is 4.92. The van der Waals surface area contributed by atoms with Crippen LogP contribution in [0.5, 0.6) is 0 Å². The molecule has 0 amide bonds. The van der Waals surface area contributed by atoms with Gasteiger partial charge in [-0.1, -0.05) is 184 Å². The lowest BCUT2D eigenvalue weighted by Crippen LogP contribution is -2.15. The number of hydrogen-bond donors (Lipinski definition) is 0. The average Bonchev–Trinajstić information content (AvgIpc) is 3.95. The van der Waals surface area contributed by atoms with Gasteiger partial charge in [0.1, 0.15) is 5.01 Å². The number of fused-ring (bicyclic) bond motifs is 9. The first-order chi connectivity index (χ1) is 29.0. The highest BCUT2D eigenvalue weighted by Crippen LogP contribution is 2.51. The molecule has 2 aromatic heterocycles. The Bertz CT molecular complexity index is 3410. The molecule has 0 saturated heterocycles. The van der Waals surface area contributed by atoms with Gasteiger partial charge in [-0.25, -0.2) is 4.98 Å². The van der Waals surface area contributed by atoms with E-state index in [9.17, 15) is 0 Å². The van der Waals surface area contributed by atoms with Crippen LogP contribution in [0.4, 0.5) is 0 Å². The molecule has 12 rings (SSSR count). The zero-order chi connectivity index (χ0) is 39.2. The van der Waals surface area contributed by atoms with Gasteiger partial charge < -0.3 is 4.57 Å². The minimum atomic E-state index is -0.124. The van der Waals surface area contributed by atoms with E-state index >= 15 is 0 Å². The van der Waals surface area contributed by atoms with Crippen LogP contribution in [0.25, 0.3) is 104 Å². The Kier molecular flexibility index (Phi) is 7.48. The van der Waals surface area contributed by atoms with E-state index in [-0.39, 0.29) is 5.41 Å². The molecular formula is C56H38N2S. The van der Waals surface area contributed by atoms with Gasteiger partial charge >= 0.3 is 0 Å². The molecule has 0 fully saturated rings. The zero-order valence-electron chi connectivity index (χ0n) is 32.8. The van der Waals surface area contributed by atoms with Crippen LogP contribution in [0.15, 0.2) is 194 Å². The summed E-state index contributed by atoms with van der Waals surface area (Å²) in [5, 5.41) is 7.27. The summed E-state index contributed by atoms with van der Waals surface area (Å²) in [6, 6.07) is 71.5. The van der Waals surface area contributed by atoms with Gasteiger partial charge in [0.2, 0.25) is 0 Å². The lowest BCUT2D eigenvalue weighted by atomic mass is 9.82. The largest absolute Gasteiger partial charge is 0.308 e. The Morgan fingerprint density at radius 3 is 1.88 bits per heavy atom. The van der Waals surface area contributed by atoms with Crippen LogP contribution in [-0.2, 0) is 5.41 Å². The highest BCUT2D eigenvalue weighted by atomic mass is 32.1. The number of rotatable bonds is 5. The molecule has 2 heterocycles. The third kappa shape index (κ3) is 5.15. The van der Waals surface area contributed by atoms with E-state index in [0.717, 1.165) is 16.1 Å². The van der Waals surface area contributed by atoms with Gasteiger partial charge in [0, 0.05) is 33.0 Å². The lowest BCUT2D eigenvalue weighted by Gasteiger charge is -2.23. The molecule has 0 radical (unpaired) electrons. The topological polar surface area (TPSA) is 17.8 Å². The smallest absolute Gasteiger partial charge is 0.124 e. The molecule has 59 heavy (non-hydrogen) atoms. The summed E-state index contributed by atoms with van der Waals surface area (Å²) in [5.74, 6) is 0. The zero-order valence-corrected chi connectivity index (χ0v) is 33.6. The molecule has 0 spiro atoms. The summed E-state index contributed by atoms with van der Waals surface area (Å²) in [6.07, 6.45) is 0. The summed E-state index contributed by atoms with van der Waals surface area (Å²) >= 11 is 1.75. The van der Waals surface area contributed by atoms with Crippen molar-refractivity contribution in [2.45, 2.75) is 19.3 Å². The van der Waals surface area contributed by atoms with Crippen LogP contribution in [0, 0.1) is 0 Å². The molecule has 0 N–H and O–H groups in total. The SMILES string of the molecule is CC1(C)c2ccccc2-c2ccc(-n3c(-c4ccccc4)c(-c4ccccc4)c4ccc5c6cccc(-c7ccc(-c8nc9ccccc9s8)cc7)c6ccc5c43)cc21. The van der Waals surface area contributed by atoms with Gasteiger partial charge in [0.05, 0.1) is 21.4 Å². The minimum Gasteiger partial charge on any atom is -0.308 e. The van der Waals surface area contributed by atoms with Crippen molar-refractivity contribution in [1.82, 2.24) is 9.55 Å². The molecule has 278 valence electrons. The van der Waals surface area contributed by atoms with Gasteiger partial charge in [0.25, 0.3) is 0 Å². The van der Waals surface area contributed by atoms with E-state index < -0.39 is 0 Å². The van der Waals surface area contributed by atoms with Gasteiger partial charge in [-0.3, -0.25) is 0 Å². The number of nitrogens with zero attached hydrogens (tertiary/aromatic N) is 2. The summed E-state index contributed by atoms with van der Waals surface area (Å²) in [5.41, 5.74) is 17.2. The number of hydrogen-bond acceptors (Lipinski definition) is 2. The van der Waals surface area contributed by atoms with Crippen molar-refractivity contribution in [1.29, 1.82) is 0 Å². The van der Waals surface area contributed by atoms with Crippen molar-refractivity contribution < 1.29 is 0 Å². The molecule has 0 saturated carbocycles. The van der Waals surface area contributed by atoms with Crippen LogP contribution < -0.4 is 0 Å². The molecular weight excluding hydrogens is 733 g/mol. The molecule has 0 atom stereocenters. The highest BCUT2D eigenvalue weighted by molar-refractivity contribution is 7.21. The third-order valence-electron chi connectivity index (χ3n) is 12.7. The molecule has 0 bridgehead atoms. The molecule has 0 aliphatic heterocycles. The maximum atomic E-state index is 4.92. The second-order valence-corrected chi connectivity index (χ2v) is 17.3. The van der Waals surface area contributed by atoms with Crippen LogP contribution in [-0.4, -0.2) is 9.55 Å². The Morgan fingerprint density at radius 2 is 1.07 bits per heavy atom. The van der Waals surface area contributed by atoms with Crippen molar-refractivity contribution in [3.8, 4) is 60.9 Å². The van der Waals surface area contributed by atoms with Crippen LogP contribution in [0.3, 0.4) is 0 Å². The third-order valence-corrected chi connectivity index (χ3v) is 13.7. The lowest BCUT2D eigenvalue weighted by molar-refractivity contribution is 0.660. The maximum Gasteiger partial charge on any atom is 0.124 e. The van der Waals surface area contributed by atoms with Crippen LogP contribution >= 0.6 is 11.3 Å². The van der Waals surface area contributed by atoms with E-state index in [4.69, 9.17) is 4.98 Å². The second-order valence-electron chi connectivity index (χ2n) is 16.3. The summed E-state index contributed by atoms with van der Waals surface area (Å²) < 4.78 is 3.77. The Balaban J connectivity index is 1.10. The van der Waals surface area contributed by atoms with Crippen molar-refractivity contribution in [3.05, 3.63) is 205 Å². The van der Waals surface area contributed by atoms with E-state index in [1.54, 1.807) is 11.3 Å². The molecule has 3 heteroatoms. The molecule has 1 aliphatic carbocycles. The second kappa shape index (κ2) is 13.0. The molecule has 2 nitrogen and oxygen atoms in total. The van der Waals surface area contributed by atoms with Crippen LogP contribution in [0.1, 0.15) is 25.0 Å². The summed E-state index contributed by atoms with van der Waals surface area (Å²) in [6.45, 7) is 4.74. The first-order valence-corrected chi connectivity index (χ1v) is 21.2. The Hall–Kier alpha value is -7.07. The highest BCUT2D eigenvalue weighted by Gasteiger charge is 2.36. The van der Waals surface area contributed by atoms with E-state index in [1.807, 2.05) is 0 Å². The van der Waals surface area contributed by atoms with E-state index in [0.29, 0.717) is 0 Å². The minimum absolute atomic E-state index is 0.124. The predicted molar refractivity (Wildman–Crippen MR) is 251 cm³/mol. The Labute approximate surface area is 347 Å². The number of benzene rings is 9. The van der Waals surface area contributed by atoms with E-state index in [1.165, 1.54) is 98.6 Å². The first kappa shape index (κ1) is 34.0. The van der Waals surface area contributed by atoms with Gasteiger partial charge in [-0.15, -0.1) is 11.3 Å². The number of aromatic nitrogens is 2. The molecule has 0 unspecified atom stereocenters. The average molecular weight is 771 g/mol. The molecule has 9 aromatic carbocycles. The van der Waals surface area contributed by atoms with Crippen LogP contribution in [0.2, 0.25) is 0 Å². The molecule has 11 aromatic rings. The van der Waals surface area contributed by atoms with Crippen molar-refractivity contribution in [2.24, 2.45) is 0 Å². The molecule has 1 aliphatic rings. The fraction of sp³-hybridized carbons (Fsp3) is 0.0536. The van der Waals surface area contributed by atoms with Crippen molar-refractivity contribution in [2.75, 3.05) is 0 Å². The Morgan fingerprint density at radius 1 is 0.441 bits per heavy atom. The number of thiazole rings is 1. The van der Waals surface area contributed by atoms with Crippen molar-refractivity contribution >= 4 is 54.0 Å². The van der Waals surface area contributed by atoms with Gasteiger partial charge in [-0.2, -0.15) is 0 Å². The van der Waals surface area contributed by atoms with Gasteiger partial charge in [-0.05, 0) is 84.9 Å². The van der Waals surface area contributed by atoms with Gasteiger partial charge in [0.15, 0.2) is 0 Å². The number of para-hydroxylation sites is 1. The monoisotopic (exact) mass is 770 g/mol.